The lowest BCUT2D eigenvalue weighted by Crippen LogP contribution is -2.47. The zero-order chi connectivity index (χ0) is 28.3. The summed E-state index contributed by atoms with van der Waals surface area (Å²) in [4.78, 5) is 31.8. The average Bonchev–Trinajstić information content (AvgIpc) is 3.53. The van der Waals surface area contributed by atoms with Crippen molar-refractivity contribution in [2.45, 2.75) is 32.6 Å². The Kier molecular flexibility index (Phi) is 7.81. The number of anilines is 5. The predicted octanol–water partition coefficient (Wildman–Crippen LogP) is 4.58. The van der Waals surface area contributed by atoms with Gasteiger partial charge in [0.15, 0.2) is 10.9 Å². The van der Waals surface area contributed by atoms with Crippen molar-refractivity contribution in [3.63, 3.8) is 0 Å². The molecule has 214 valence electrons. The van der Waals surface area contributed by atoms with E-state index in [0.29, 0.717) is 35.6 Å². The summed E-state index contributed by atoms with van der Waals surface area (Å²) >= 11 is 1.53. The molecule has 4 heterocycles. The van der Waals surface area contributed by atoms with Crippen molar-refractivity contribution < 1.29 is 14.4 Å². The number of carbonyl (C=O) groups is 1. The maximum atomic E-state index is 12.5. The Morgan fingerprint density at radius 3 is 2.66 bits per heavy atom. The molecular weight excluding hydrogens is 542 g/mol. The van der Waals surface area contributed by atoms with Crippen LogP contribution >= 0.6 is 11.3 Å². The molecule has 0 bridgehead atoms. The number of nitrogens with one attached hydrogen (secondary N) is 3. The number of benzene rings is 1. The number of aliphatic hydroxyl groups excluding tert-OH is 1. The fraction of sp³-hybridized carbons (Fsp3) is 0.393. The highest BCUT2D eigenvalue weighted by atomic mass is 32.1. The molecule has 2 aliphatic rings. The normalized spacial score (nSPS) is 15.6. The lowest BCUT2D eigenvalue weighted by molar-refractivity contribution is 0.188. The summed E-state index contributed by atoms with van der Waals surface area (Å²) in [5, 5.41) is 22.8. The fourth-order valence-electron chi connectivity index (χ4n) is 4.83. The van der Waals surface area contributed by atoms with Crippen LogP contribution in [0, 0.1) is 13.8 Å². The number of urea groups is 1. The third kappa shape index (κ3) is 6.64. The lowest BCUT2D eigenvalue weighted by Gasteiger charge is -2.35. The van der Waals surface area contributed by atoms with E-state index in [1.165, 1.54) is 11.3 Å². The van der Waals surface area contributed by atoms with Crippen molar-refractivity contribution in [3.8, 4) is 10.4 Å². The van der Waals surface area contributed by atoms with Crippen molar-refractivity contribution in [1.29, 1.82) is 0 Å². The summed E-state index contributed by atoms with van der Waals surface area (Å²) in [5.74, 6) is 3.94. The molecule has 0 spiro atoms. The molecule has 2 amide bonds. The Balaban J connectivity index is 1.08. The Morgan fingerprint density at radius 2 is 1.90 bits per heavy atom. The van der Waals surface area contributed by atoms with E-state index in [0.717, 1.165) is 71.7 Å². The first-order valence-electron chi connectivity index (χ1n) is 13.8. The maximum absolute atomic E-state index is 12.5. The molecule has 12 nitrogen and oxygen atoms in total. The molecule has 41 heavy (non-hydrogen) atoms. The van der Waals surface area contributed by atoms with Gasteiger partial charge in [-0.25, -0.2) is 19.7 Å². The molecule has 4 aromatic rings. The predicted molar refractivity (Wildman–Crippen MR) is 159 cm³/mol. The Labute approximate surface area is 241 Å². The molecule has 1 saturated heterocycles. The number of amides is 2. The third-order valence-electron chi connectivity index (χ3n) is 7.19. The third-order valence-corrected chi connectivity index (χ3v) is 8.15. The molecule has 3 aromatic heterocycles. The van der Waals surface area contributed by atoms with Crippen molar-refractivity contribution in [1.82, 2.24) is 25.0 Å². The SMILES string of the molecule is Cc1nc(Nc2ncc(-c3ccc(NC(=O)Nc4cc(C5CC5)on4)c(C)c3)s2)cc(N2CCN(CCO)CC2)n1. The molecule has 0 unspecified atom stereocenters. The van der Waals surface area contributed by atoms with E-state index in [-0.39, 0.29) is 12.6 Å². The van der Waals surface area contributed by atoms with Gasteiger partial charge in [0.05, 0.1) is 11.5 Å². The quantitative estimate of drug-likeness (QED) is 0.224. The maximum Gasteiger partial charge on any atom is 0.324 e. The van der Waals surface area contributed by atoms with Crippen LogP contribution in [0.1, 0.15) is 35.9 Å². The smallest absolute Gasteiger partial charge is 0.324 e. The number of piperazine rings is 1. The minimum atomic E-state index is -0.368. The van der Waals surface area contributed by atoms with Crippen LogP contribution in [0.15, 0.2) is 41.1 Å². The highest BCUT2D eigenvalue weighted by Gasteiger charge is 2.28. The number of rotatable bonds is 9. The van der Waals surface area contributed by atoms with Gasteiger partial charge in [-0.1, -0.05) is 22.6 Å². The van der Waals surface area contributed by atoms with Gasteiger partial charge in [0, 0.05) is 62.7 Å². The number of β-amino-alcohol motifs (C(OH)–C–C–N with tert-alkyl or cyclic N) is 1. The topological polar surface area (TPSA) is 145 Å². The summed E-state index contributed by atoms with van der Waals surface area (Å²) in [5.41, 5.74) is 2.64. The Morgan fingerprint density at radius 1 is 1.07 bits per heavy atom. The number of nitrogens with zero attached hydrogens (tertiary/aromatic N) is 6. The van der Waals surface area contributed by atoms with Crippen LogP contribution in [0.25, 0.3) is 10.4 Å². The minimum absolute atomic E-state index is 0.180. The first kappa shape index (κ1) is 27.1. The van der Waals surface area contributed by atoms with E-state index >= 15 is 0 Å². The fourth-order valence-corrected chi connectivity index (χ4v) is 5.65. The molecular formula is C28H33N9O3S. The van der Waals surface area contributed by atoms with Crippen LogP contribution in [0.5, 0.6) is 0 Å². The van der Waals surface area contributed by atoms with E-state index in [4.69, 9.17) is 4.52 Å². The zero-order valence-corrected chi connectivity index (χ0v) is 23.9. The molecule has 1 aliphatic carbocycles. The monoisotopic (exact) mass is 575 g/mol. The second-order valence-corrected chi connectivity index (χ2v) is 11.4. The first-order chi connectivity index (χ1) is 19.9. The summed E-state index contributed by atoms with van der Waals surface area (Å²) in [6, 6.07) is 9.25. The van der Waals surface area contributed by atoms with Crippen molar-refractivity contribution in [2.75, 3.05) is 60.2 Å². The summed E-state index contributed by atoms with van der Waals surface area (Å²) in [6.07, 6.45) is 4.05. The molecule has 0 radical (unpaired) electrons. The van der Waals surface area contributed by atoms with E-state index < -0.39 is 0 Å². The molecule has 0 atom stereocenters. The molecule has 4 N–H and O–H groups in total. The van der Waals surface area contributed by atoms with Crippen LogP contribution in [-0.4, -0.2) is 75.5 Å². The second kappa shape index (κ2) is 11.8. The van der Waals surface area contributed by atoms with E-state index in [9.17, 15) is 9.90 Å². The summed E-state index contributed by atoms with van der Waals surface area (Å²) < 4.78 is 5.30. The molecule has 1 aromatic carbocycles. The van der Waals surface area contributed by atoms with Gasteiger partial charge in [0.1, 0.15) is 23.2 Å². The Bertz CT molecular complexity index is 1530. The standard InChI is InChI=1S/C28H33N9O3S/c1-17-13-20(5-6-21(17)32-27(39)33-25-14-22(40-35-25)19-3-4-19)23-16-29-28(41-23)34-24-15-26(31-18(2)30-24)37-9-7-36(8-10-37)11-12-38/h5-6,13-16,19,38H,3-4,7-12H2,1-2H3,(H,29,30,31,34)(H2,32,33,35,39). The first-order valence-corrected chi connectivity index (χ1v) is 14.6. The molecule has 1 aliphatic heterocycles. The number of hydrogen-bond donors (Lipinski definition) is 4. The van der Waals surface area contributed by atoms with Crippen LogP contribution in [0.2, 0.25) is 0 Å². The van der Waals surface area contributed by atoms with E-state index in [1.54, 1.807) is 6.07 Å². The summed E-state index contributed by atoms with van der Waals surface area (Å²) in [7, 11) is 0. The van der Waals surface area contributed by atoms with Gasteiger partial charge in [-0.05, 0) is 49.9 Å². The van der Waals surface area contributed by atoms with E-state index in [2.05, 4.69) is 45.9 Å². The summed E-state index contributed by atoms with van der Waals surface area (Å²) in [6.45, 7) is 8.21. The number of thiazole rings is 1. The van der Waals surface area contributed by atoms with Crippen molar-refractivity contribution in [3.05, 3.63) is 53.7 Å². The van der Waals surface area contributed by atoms with Gasteiger partial charge in [-0.15, -0.1) is 0 Å². The van der Waals surface area contributed by atoms with Crippen LogP contribution < -0.4 is 20.9 Å². The number of aliphatic hydroxyl groups is 1. The second-order valence-electron chi connectivity index (χ2n) is 10.4. The van der Waals surface area contributed by atoms with Gasteiger partial charge in [-0.3, -0.25) is 10.2 Å². The Hall–Kier alpha value is -4.07. The average molecular weight is 576 g/mol. The molecule has 13 heteroatoms. The van der Waals surface area contributed by atoms with Crippen molar-refractivity contribution >= 4 is 45.6 Å². The van der Waals surface area contributed by atoms with Gasteiger partial charge >= 0.3 is 6.03 Å². The molecule has 1 saturated carbocycles. The van der Waals surface area contributed by atoms with Gasteiger partial charge in [0.25, 0.3) is 0 Å². The van der Waals surface area contributed by atoms with Crippen LogP contribution in [0.3, 0.4) is 0 Å². The van der Waals surface area contributed by atoms with Crippen LogP contribution in [0.4, 0.5) is 33.1 Å². The van der Waals surface area contributed by atoms with Gasteiger partial charge in [-0.2, -0.15) is 0 Å². The van der Waals surface area contributed by atoms with Gasteiger partial charge in [0.2, 0.25) is 0 Å². The number of hydrogen-bond acceptors (Lipinski definition) is 11. The zero-order valence-electron chi connectivity index (χ0n) is 23.1. The molecule has 6 rings (SSSR count). The highest BCUT2D eigenvalue weighted by molar-refractivity contribution is 7.18. The van der Waals surface area contributed by atoms with Crippen molar-refractivity contribution in [2.24, 2.45) is 0 Å². The highest BCUT2D eigenvalue weighted by Crippen LogP contribution is 2.40. The number of aromatic nitrogens is 4. The van der Waals surface area contributed by atoms with Crippen LogP contribution in [-0.2, 0) is 0 Å². The molecule has 2 fully saturated rings. The largest absolute Gasteiger partial charge is 0.395 e. The van der Waals surface area contributed by atoms with E-state index in [1.807, 2.05) is 44.3 Å². The van der Waals surface area contributed by atoms with Gasteiger partial charge < -0.3 is 25.2 Å². The lowest BCUT2D eigenvalue weighted by atomic mass is 10.1. The number of aryl methyl sites for hydroxylation is 2. The minimum Gasteiger partial charge on any atom is -0.395 e. The number of carbonyl (C=O) groups excluding carboxylic acids is 1.